The van der Waals surface area contributed by atoms with Gasteiger partial charge in [-0.05, 0) is 23.8 Å². The van der Waals surface area contributed by atoms with E-state index in [1.807, 2.05) is 12.1 Å². The summed E-state index contributed by atoms with van der Waals surface area (Å²) in [6.45, 7) is 0. The number of carbonyl (C=O) groups excluding carboxylic acids is 1. The largest absolute Gasteiger partial charge is 0.382 e. The molecular weight excluding hydrogens is 286 g/mol. The number of amides is 1. The second kappa shape index (κ2) is 4.85. The molecule has 21 heavy (non-hydrogen) atoms. The van der Waals surface area contributed by atoms with Crippen LogP contribution in [0.5, 0.6) is 0 Å². The van der Waals surface area contributed by atoms with Crippen molar-refractivity contribution in [1.29, 1.82) is 5.26 Å². The normalized spacial score (nSPS) is 10.4. The highest BCUT2D eigenvalue weighted by atomic mass is 32.1. The fraction of sp³-hybridized carbons (Fsp3) is 0. The van der Waals surface area contributed by atoms with E-state index in [0.717, 1.165) is 10.4 Å². The van der Waals surface area contributed by atoms with Gasteiger partial charge < -0.3 is 11.5 Å². The maximum atomic E-state index is 11.4. The standard InChI is InChI=1S/C14H9N5OS/c15-6-7-2-1-3-8(4-7)10-5-9-12(21-10)11(14(17)20)18-19-13(9)16/h1-5H,(H2,16,19)(H2,17,20). The number of primary amides is 1. The fourth-order valence-corrected chi connectivity index (χ4v) is 3.16. The van der Waals surface area contributed by atoms with Crippen LogP contribution < -0.4 is 11.5 Å². The first-order chi connectivity index (χ1) is 10.1. The lowest BCUT2D eigenvalue weighted by Crippen LogP contribution is -2.14. The summed E-state index contributed by atoms with van der Waals surface area (Å²) in [7, 11) is 0. The summed E-state index contributed by atoms with van der Waals surface area (Å²) in [5, 5.41) is 17.1. The Labute approximate surface area is 123 Å². The molecule has 0 aliphatic rings. The van der Waals surface area contributed by atoms with Crippen molar-refractivity contribution in [2.45, 2.75) is 0 Å². The molecule has 6 nitrogen and oxygen atoms in total. The number of nitrogen functional groups attached to an aromatic ring is 1. The Bertz CT molecular complexity index is 909. The molecule has 2 aromatic heterocycles. The minimum absolute atomic E-state index is 0.104. The van der Waals surface area contributed by atoms with Crippen molar-refractivity contribution in [3.05, 3.63) is 41.6 Å². The number of nitrogens with zero attached hydrogens (tertiary/aromatic N) is 3. The number of benzene rings is 1. The Balaban J connectivity index is 2.26. The van der Waals surface area contributed by atoms with E-state index >= 15 is 0 Å². The van der Waals surface area contributed by atoms with E-state index < -0.39 is 5.91 Å². The van der Waals surface area contributed by atoms with E-state index in [0.29, 0.717) is 15.6 Å². The number of aromatic nitrogens is 2. The van der Waals surface area contributed by atoms with Gasteiger partial charge in [0.1, 0.15) is 0 Å². The van der Waals surface area contributed by atoms with Crippen LogP contribution in [-0.4, -0.2) is 16.1 Å². The molecule has 0 aliphatic heterocycles. The van der Waals surface area contributed by atoms with Gasteiger partial charge in [0.05, 0.1) is 16.3 Å². The van der Waals surface area contributed by atoms with Crippen LogP contribution in [0.4, 0.5) is 5.82 Å². The Kier molecular flexibility index (Phi) is 3.01. The number of nitriles is 1. The summed E-state index contributed by atoms with van der Waals surface area (Å²) in [5.41, 5.74) is 12.6. The second-order valence-electron chi connectivity index (χ2n) is 4.34. The molecule has 0 radical (unpaired) electrons. The maximum absolute atomic E-state index is 11.4. The minimum atomic E-state index is -0.647. The molecule has 7 heteroatoms. The summed E-state index contributed by atoms with van der Waals surface area (Å²) in [6, 6.07) is 11.1. The van der Waals surface area contributed by atoms with Gasteiger partial charge in [0.2, 0.25) is 0 Å². The Morgan fingerprint density at radius 2 is 2.10 bits per heavy atom. The average molecular weight is 295 g/mol. The van der Waals surface area contributed by atoms with E-state index in [4.69, 9.17) is 16.7 Å². The molecule has 1 amide bonds. The van der Waals surface area contributed by atoms with Crippen molar-refractivity contribution in [1.82, 2.24) is 10.2 Å². The molecule has 0 spiro atoms. The molecule has 4 N–H and O–H groups in total. The van der Waals surface area contributed by atoms with Crippen molar-refractivity contribution < 1.29 is 4.79 Å². The molecule has 102 valence electrons. The van der Waals surface area contributed by atoms with Crippen molar-refractivity contribution in [2.75, 3.05) is 5.73 Å². The summed E-state index contributed by atoms with van der Waals surface area (Å²) >= 11 is 1.35. The van der Waals surface area contributed by atoms with Gasteiger partial charge in [0.25, 0.3) is 5.91 Å². The Hall–Kier alpha value is -2.98. The molecular formula is C14H9N5OS. The van der Waals surface area contributed by atoms with Gasteiger partial charge in [-0.3, -0.25) is 4.79 Å². The van der Waals surface area contributed by atoms with Gasteiger partial charge >= 0.3 is 0 Å². The monoisotopic (exact) mass is 295 g/mol. The topological polar surface area (TPSA) is 119 Å². The molecule has 2 heterocycles. The lowest BCUT2D eigenvalue weighted by Gasteiger charge is -1.97. The van der Waals surface area contributed by atoms with Crippen LogP contribution in [0.15, 0.2) is 30.3 Å². The van der Waals surface area contributed by atoms with E-state index in [-0.39, 0.29) is 11.5 Å². The van der Waals surface area contributed by atoms with Gasteiger partial charge in [-0.15, -0.1) is 21.5 Å². The molecule has 0 saturated carbocycles. The lowest BCUT2D eigenvalue weighted by molar-refractivity contribution is 0.0996. The highest BCUT2D eigenvalue weighted by molar-refractivity contribution is 7.22. The van der Waals surface area contributed by atoms with Gasteiger partial charge in [0.15, 0.2) is 11.5 Å². The smallest absolute Gasteiger partial charge is 0.270 e. The van der Waals surface area contributed by atoms with Crippen LogP contribution in [0.2, 0.25) is 0 Å². The lowest BCUT2D eigenvalue weighted by atomic mass is 10.1. The summed E-state index contributed by atoms with van der Waals surface area (Å²) in [6.07, 6.45) is 0. The number of thiophene rings is 1. The van der Waals surface area contributed by atoms with E-state index in [2.05, 4.69) is 16.3 Å². The Morgan fingerprint density at radius 1 is 1.29 bits per heavy atom. The van der Waals surface area contributed by atoms with Crippen molar-refractivity contribution in [2.24, 2.45) is 5.73 Å². The quantitative estimate of drug-likeness (QED) is 0.748. The average Bonchev–Trinajstić information content (AvgIpc) is 2.93. The maximum Gasteiger partial charge on any atom is 0.270 e. The van der Waals surface area contributed by atoms with Crippen molar-refractivity contribution in [3.63, 3.8) is 0 Å². The fourth-order valence-electron chi connectivity index (χ4n) is 2.01. The SMILES string of the molecule is N#Cc1cccc(-c2cc3c(N)nnc(C(N)=O)c3s2)c1. The third-order valence-electron chi connectivity index (χ3n) is 2.99. The molecule has 0 saturated heterocycles. The molecule has 0 aliphatic carbocycles. The van der Waals surface area contributed by atoms with Crippen LogP contribution in [0.25, 0.3) is 20.5 Å². The highest BCUT2D eigenvalue weighted by Crippen LogP contribution is 2.36. The molecule has 3 aromatic rings. The van der Waals surface area contributed by atoms with Crippen LogP contribution in [0.3, 0.4) is 0 Å². The Morgan fingerprint density at radius 3 is 2.81 bits per heavy atom. The van der Waals surface area contributed by atoms with Gasteiger partial charge in [-0.1, -0.05) is 12.1 Å². The molecule has 0 bridgehead atoms. The van der Waals surface area contributed by atoms with E-state index in [9.17, 15) is 4.79 Å². The van der Waals surface area contributed by atoms with Gasteiger partial charge in [-0.25, -0.2) is 0 Å². The van der Waals surface area contributed by atoms with Crippen molar-refractivity contribution >= 4 is 33.1 Å². The van der Waals surface area contributed by atoms with Gasteiger partial charge in [0, 0.05) is 10.3 Å². The third kappa shape index (κ3) is 2.17. The predicted octanol–water partition coefficient (Wildman–Crippen LogP) is 1.91. The zero-order valence-electron chi connectivity index (χ0n) is 10.7. The summed E-state index contributed by atoms with van der Waals surface area (Å²) < 4.78 is 0.604. The first-order valence-corrected chi connectivity index (χ1v) is 6.78. The van der Waals surface area contributed by atoms with Crippen LogP contribution >= 0.6 is 11.3 Å². The molecule has 0 fully saturated rings. The van der Waals surface area contributed by atoms with Crippen molar-refractivity contribution in [3.8, 4) is 16.5 Å². The third-order valence-corrected chi connectivity index (χ3v) is 4.18. The van der Waals surface area contributed by atoms with E-state index in [1.54, 1.807) is 18.2 Å². The van der Waals surface area contributed by atoms with Crippen LogP contribution in [0, 0.1) is 11.3 Å². The number of hydrogen-bond donors (Lipinski definition) is 2. The summed E-state index contributed by atoms with van der Waals surface area (Å²) in [5.74, 6) is -0.402. The first-order valence-electron chi connectivity index (χ1n) is 5.96. The number of carbonyl (C=O) groups is 1. The number of anilines is 1. The zero-order valence-corrected chi connectivity index (χ0v) is 11.5. The first kappa shape index (κ1) is 13.0. The summed E-state index contributed by atoms with van der Waals surface area (Å²) in [4.78, 5) is 12.3. The van der Waals surface area contributed by atoms with E-state index in [1.165, 1.54) is 11.3 Å². The van der Waals surface area contributed by atoms with Crippen LogP contribution in [0.1, 0.15) is 16.1 Å². The second-order valence-corrected chi connectivity index (χ2v) is 5.40. The predicted molar refractivity (Wildman–Crippen MR) is 80.5 cm³/mol. The number of fused-ring (bicyclic) bond motifs is 1. The molecule has 0 unspecified atom stereocenters. The molecule has 1 aromatic carbocycles. The number of rotatable bonds is 2. The zero-order chi connectivity index (χ0) is 15.0. The van der Waals surface area contributed by atoms with Gasteiger partial charge in [-0.2, -0.15) is 5.26 Å². The molecule has 3 rings (SSSR count). The van der Waals surface area contributed by atoms with Crippen LogP contribution in [-0.2, 0) is 0 Å². The number of nitrogens with two attached hydrogens (primary N) is 2. The highest BCUT2D eigenvalue weighted by Gasteiger charge is 2.16. The molecule has 0 atom stereocenters. The number of hydrogen-bond acceptors (Lipinski definition) is 6. The minimum Gasteiger partial charge on any atom is -0.382 e.